The van der Waals surface area contributed by atoms with Crippen LogP contribution >= 0.6 is 0 Å². The number of rotatable bonds is 0. The van der Waals surface area contributed by atoms with Gasteiger partial charge in [0.1, 0.15) is 0 Å². The van der Waals surface area contributed by atoms with Gasteiger partial charge in [-0.2, -0.15) is 0 Å². The van der Waals surface area contributed by atoms with Crippen LogP contribution in [0.1, 0.15) is 0 Å². The van der Waals surface area contributed by atoms with E-state index in [0.29, 0.717) is 0 Å². The molecule has 0 saturated heterocycles. The third kappa shape index (κ3) is 8.82. The summed E-state index contributed by atoms with van der Waals surface area (Å²) in [5.74, 6) is 0. The van der Waals surface area contributed by atoms with Crippen LogP contribution in [0.2, 0.25) is 0 Å². The number of hydrogen-bond acceptors (Lipinski definition) is 0. The molecular weight excluding hydrogens is 276 g/mol. The summed E-state index contributed by atoms with van der Waals surface area (Å²) in [6.07, 6.45) is 0. The Hall–Kier alpha value is 2.48. The SMILES string of the molecule is [Ga].[Ir].[Li].[Li]. The first-order valence-electron chi connectivity index (χ1n) is 0. The second kappa shape index (κ2) is 17.9. The zero-order valence-electron chi connectivity index (χ0n) is 2.91. The van der Waals surface area contributed by atoms with Crippen molar-refractivity contribution >= 4 is 57.5 Å². The minimum atomic E-state index is 0. The van der Waals surface area contributed by atoms with E-state index in [4.69, 9.17) is 0 Å². The van der Waals surface area contributed by atoms with Crippen molar-refractivity contribution in [3.63, 3.8) is 0 Å². The van der Waals surface area contributed by atoms with Gasteiger partial charge in [-0.05, 0) is 0 Å². The van der Waals surface area contributed by atoms with Crippen molar-refractivity contribution in [1.29, 1.82) is 0 Å². The summed E-state index contributed by atoms with van der Waals surface area (Å²) in [5, 5.41) is 0. The molecule has 0 atom stereocenters. The topological polar surface area (TPSA) is 0 Å². The molecule has 6 radical (unpaired) electrons. The molecule has 0 amide bonds. The second-order valence-corrected chi connectivity index (χ2v) is 0. The summed E-state index contributed by atoms with van der Waals surface area (Å²) < 4.78 is 0. The zero-order valence-corrected chi connectivity index (χ0v) is 7.73. The fourth-order valence-electron chi connectivity index (χ4n) is 0. The van der Waals surface area contributed by atoms with E-state index >= 15 is 0 Å². The first-order valence-corrected chi connectivity index (χ1v) is 0. The Bertz CT molecular complexity index is 6.00. The molecule has 0 aromatic heterocycles. The Morgan fingerprint density at radius 1 is 0.750 bits per heavy atom. The van der Waals surface area contributed by atoms with Gasteiger partial charge in [-0.25, -0.2) is 0 Å². The predicted octanol–water partition coefficient (Wildman–Crippen LogP) is -1.14. The fourth-order valence-corrected chi connectivity index (χ4v) is 0. The maximum absolute atomic E-state index is 0. The standard InChI is InChI=1S/Ga.Ir.2Li. The zero-order chi connectivity index (χ0) is 0. The monoisotopic (exact) mass is 276 g/mol. The third-order valence-corrected chi connectivity index (χ3v) is 0. The molecule has 0 aliphatic carbocycles. The van der Waals surface area contributed by atoms with Crippen LogP contribution < -0.4 is 0 Å². The van der Waals surface area contributed by atoms with Gasteiger partial charge in [-0.15, -0.1) is 0 Å². The maximum atomic E-state index is 0. The van der Waals surface area contributed by atoms with Crippen molar-refractivity contribution < 1.29 is 20.1 Å². The van der Waals surface area contributed by atoms with Gasteiger partial charge in [0, 0.05) is 77.6 Å². The molecule has 0 aromatic rings. The Morgan fingerprint density at radius 2 is 0.750 bits per heavy atom. The molecule has 0 bridgehead atoms. The van der Waals surface area contributed by atoms with Gasteiger partial charge in [0.05, 0.1) is 0 Å². The van der Waals surface area contributed by atoms with E-state index < -0.39 is 0 Å². The van der Waals surface area contributed by atoms with Gasteiger partial charge >= 0.3 is 0 Å². The summed E-state index contributed by atoms with van der Waals surface area (Å²) in [6.45, 7) is 0. The van der Waals surface area contributed by atoms with Crippen molar-refractivity contribution in [3.8, 4) is 0 Å². The smallest absolute Gasteiger partial charge is 0 e. The van der Waals surface area contributed by atoms with E-state index in [2.05, 4.69) is 0 Å². The van der Waals surface area contributed by atoms with Gasteiger partial charge in [0.15, 0.2) is 0 Å². The largest absolute Gasteiger partial charge is 0 e. The Balaban J connectivity index is 0. The van der Waals surface area contributed by atoms with Crippen LogP contribution in [0.5, 0.6) is 0 Å². The fraction of sp³-hybridized carbons (Fsp3) is 0. The van der Waals surface area contributed by atoms with Gasteiger partial charge < -0.3 is 0 Å². The summed E-state index contributed by atoms with van der Waals surface area (Å²) in [4.78, 5) is 0. The molecule has 0 nitrogen and oxygen atoms in total. The third-order valence-electron chi connectivity index (χ3n) is 0. The molecule has 14 valence electrons. The second-order valence-electron chi connectivity index (χ2n) is 0. The molecule has 0 aromatic carbocycles. The molecule has 4 heavy (non-hydrogen) atoms. The van der Waals surface area contributed by atoms with Gasteiger partial charge in [0.25, 0.3) is 0 Å². The van der Waals surface area contributed by atoms with Gasteiger partial charge in [0.2, 0.25) is 0 Å². The van der Waals surface area contributed by atoms with E-state index in [1.165, 1.54) is 0 Å². The Morgan fingerprint density at radius 3 is 0.750 bits per heavy atom. The molecule has 0 aliphatic heterocycles. The minimum Gasteiger partial charge on any atom is 0 e. The van der Waals surface area contributed by atoms with Crippen molar-refractivity contribution in [2.24, 2.45) is 0 Å². The van der Waals surface area contributed by atoms with E-state index in [1.54, 1.807) is 0 Å². The van der Waals surface area contributed by atoms with Crippen molar-refractivity contribution in [2.45, 2.75) is 0 Å². The van der Waals surface area contributed by atoms with Crippen LogP contribution in [0.25, 0.3) is 0 Å². The molecule has 0 spiro atoms. The maximum Gasteiger partial charge on any atom is 0 e. The summed E-state index contributed by atoms with van der Waals surface area (Å²) >= 11 is 0. The predicted molar refractivity (Wildman–Crippen MR) is 17.3 cm³/mol. The van der Waals surface area contributed by atoms with E-state index in [-0.39, 0.29) is 77.6 Å². The molecule has 0 fully saturated rings. The van der Waals surface area contributed by atoms with Crippen LogP contribution in [0, 0.1) is 0 Å². The summed E-state index contributed by atoms with van der Waals surface area (Å²) in [5.41, 5.74) is 0. The molecule has 0 saturated carbocycles. The normalized spacial score (nSPS) is 0. The molecule has 0 N–H and O–H groups in total. The van der Waals surface area contributed by atoms with E-state index in [0.717, 1.165) is 0 Å². The van der Waals surface area contributed by atoms with Crippen molar-refractivity contribution in [1.82, 2.24) is 0 Å². The summed E-state index contributed by atoms with van der Waals surface area (Å²) in [6, 6.07) is 0. The van der Waals surface area contributed by atoms with Crippen LogP contribution in [0.15, 0.2) is 0 Å². The molecule has 0 heterocycles. The first-order chi connectivity index (χ1) is 0. The number of hydrogen-bond donors (Lipinski definition) is 0. The molecular formula is GaIrLi2. The first kappa shape index (κ1) is 31.6. The van der Waals surface area contributed by atoms with Gasteiger partial charge in [-0.1, -0.05) is 0 Å². The van der Waals surface area contributed by atoms with E-state index in [1.807, 2.05) is 0 Å². The van der Waals surface area contributed by atoms with Gasteiger partial charge in [-0.3, -0.25) is 0 Å². The van der Waals surface area contributed by atoms with Crippen molar-refractivity contribution in [2.75, 3.05) is 0 Å². The van der Waals surface area contributed by atoms with Crippen LogP contribution in [0.4, 0.5) is 0 Å². The average molecular weight is 276 g/mol. The minimum absolute atomic E-state index is 0. The van der Waals surface area contributed by atoms with Crippen LogP contribution in [-0.2, 0) is 20.1 Å². The molecule has 0 aliphatic rings. The van der Waals surface area contributed by atoms with Crippen molar-refractivity contribution in [3.05, 3.63) is 0 Å². The Labute approximate surface area is 76.6 Å². The van der Waals surface area contributed by atoms with Crippen LogP contribution in [-0.4, -0.2) is 57.5 Å². The molecule has 0 rings (SSSR count). The van der Waals surface area contributed by atoms with Crippen LogP contribution in [0.3, 0.4) is 0 Å². The Kier molecular flexibility index (Phi) is 141. The average Bonchev–Trinajstić information content (AvgIpc) is 0. The molecule has 0 unspecified atom stereocenters. The summed E-state index contributed by atoms with van der Waals surface area (Å²) in [7, 11) is 0. The molecule has 4 heteroatoms. The van der Waals surface area contributed by atoms with E-state index in [9.17, 15) is 0 Å². The quantitative estimate of drug-likeness (QED) is 0.490.